The van der Waals surface area contributed by atoms with Crippen molar-refractivity contribution in [1.29, 1.82) is 0 Å². The second-order valence-corrected chi connectivity index (χ2v) is 10.3. The van der Waals surface area contributed by atoms with Gasteiger partial charge in [0.15, 0.2) is 15.5 Å². The number of pyridine rings is 1. The monoisotopic (exact) mass is 425 g/mol. The molecule has 2 atom stereocenters. The highest BCUT2D eigenvalue weighted by Crippen LogP contribution is 2.27. The molecule has 2 saturated heterocycles. The number of piperazine rings is 1. The molecule has 2 aliphatic rings. The molecule has 0 spiro atoms. The highest BCUT2D eigenvalue weighted by molar-refractivity contribution is 7.91. The van der Waals surface area contributed by atoms with Crippen molar-refractivity contribution in [3.8, 4) is 0 Å². The summed E-state index contributed by atoms with van der Waals surface area (Å²) in [4.78, 5) is 25.9. The fourth-order valence-corrected chi connectivity index (χ4v) is 6.56. The first-order chi connectivity index (χ1) is 14.4. The zero-order chi connectivity index (χ0) is 20.9. The minimum absolute atomic E-state index is 0.0229. The molecule has 0 radical (unpaired) electrons. The Morgan fingerprint density at radius 2 is 1.87 bits per heavy atom. The van der Waals surface area contributed by atoms with Crippen molar-refractivity contribution in [1.82, 2.24) is 24.3 Å². The summed E-state index contributed by atoms with van der Waals surface area (Å²) in [7, 11) is -1.21. The SMILES string of the molecule is CN1CCN(C(=O)c2cnc3c(c2)ncn3Cc2ccccc2)[C@H]2CS(=O)(=O)C[C@H]21. The molecular weight excluding hydrogens is 402 g/mol. The number of rotatable bonds is 3. The Hall–Kier alpha value is -2.78. The number of nitrogens with zero attached hydrogens (tertiary/aromatic N) is 5. The second-order valence-electron chi connectivity index (χ2n) is 8.12. The van der Waals surface area contributed by atoms with Crippen molar-refractivity contribution in [3.05, 3.63) is 60.0 Å². The normalized spacial score (nSPS) is 23.6. The van der Waals surface area contributed by atoms with E-state index in [0.717, 1.165) is 11.2 Å². The van der Waals surface area contributed by atoms with Crippen LogP contribution in [0.5, 0.6) is 0 Å². The van der Waals surface area contributed by atoms with E-state index in [2.05, 4.69) is 9.97 Å². The van der Waals surface area contributed by atoms with Crippen molar-refractivity contribution in [3.63, 3.8) is 0 Å². The highest BCUT2D eigenvalue weighted by atomic mass is 32.2. The first-order valence-electron chi connectivity index (χ1n) is 9.98. The van der Waals surface area contributed by atoms with E-state index in [1.807, 2.05) is 46.8 Å². The molecule has 156 valence electrons. The molecule has 4 heterocycles. The van der Waals surface area contributed by atoms with Crippen LogP contribution in [0.25, 0.3) is 11.2 Å². The summed E-state index contributed by atoms with van der Waals surface area (Å²) in [5, 5.41) is 0. The Labute approximate surface area is 175 Å². The molecule has 8 nitrogen and oxygen atoms in total. The summed E-state index contributed by atoms with van der Waals surface area (Å²) in [6.07, 6.45) is 3.30. The molecule has 2 aliphatic heterocycles. The fraction of sp³-hybridized carbons (Fsp3) is 0.381. The summed E-state index contributed by atoms with van der Waals surface area (Å²) in [6.45, 7) is 1.81. The van der Waals surface area contributed by atoms with Gasteiger partial charge in [-0.1, -0.05) is 30.3 Å². The maximum atomic E-state index is 13.2. The molecule has 1 aromatic carbocycles. The second kappa shape index (κ2) is 7.17. The van der Waals surface area contributed by atoms with Crippen LogP contribution in [0.1, 0.15) is 15.9 Å². The molecule has 0 aliphatic carbocycles. The first kappa shape index (κ1) is 19.2. The van der Waals surface area contributed by atoms with Crippen LogP contribution in [0.15, 0.2) is 48.9 Å². The van der Waals surface area contributed by atoms with Crippen LogP contribution in [0.2, 0.25) is 0 Å². The minimum Gasteiger partial charge on any atom is -0.332 e. The number of carbonyl (C=O) groups is 1. The Balaban J connectivity index is 1.41. The number of hydrogen-bond acceptors (Lipinski definition) is 6. The van der Waals surface area contributed by atoms with Crippen LogP contribution in [0.3, 0.4) is 0 Å². The molecule has 9 heteroatoms. The number of benzene rings is 1. The molecule has 1 amide bonds. The maximum absolute atomic E-state index is 13.2. The number of carbonyl (C=O) groups excluding carboxylic acids is 1. The van der Waals surface area contributed by atoms with E-state index in [-0.39, 0.29) is 29.5 Å². The number of fused-ring (bicyclic) bond motifs is 2. The molecular formula is C21H23N5O3S. The van der Waals surface area contributed by atoms with E-state index in [0.29, 0.717) is 30.7 Å². The van der Waals surface area contributed by atoms with E-state index in [1.165, 1.54) is 0 Å². The lowest BCUT2D eigenvalue weighted by Gasteiger charge is -2.42. The van der Waals surface area contributed by atoms with Gasteiger partial charge in [-0.25, -0.2) is 18.4 Å². The Morgan fingerprint density at radius 3 is 2.67 bits per heavy atom. The predicted octanol–water partition coefficient (Wildman–Crippen LogP) is 1.03. The number of likely N-dealkylation sites (N-methyl/N-ethyl adjacent to an activating group) is 1. The molecule has 0 N–H and O–H groups in total. The molecule has 0 unspecified atom stereocenters. The summed E-state index contributed by atoms with van der Waals surface area (Å²) in [5.41, 5.74) is 2.96. The van der Waals surface area contributed by atoms with Gasteiger partial charge in [-0.2, -0.15) is 0 Å². The minimum atomic E-state index is -3.14. The molecule has 5 rings (SSSR count). The summed E-state index contributed by atoms with van der Waals surface area (Å²) in [6, 6.07) is 11.3. The van der Waals surface area contributed by atoms with Crippen LogP contribution in [-0.2, 0) is 16.4 Å². The topological polar surface area (TPSA) is 88.4 Å². The molecule has 2 aromatic heterocycles. The van der Waals surface area contributed by atoms with E-state index >= 15 is 0 Å². The zero-order valence-electron chi connectivity index (χ0n) is 16.7. The van der Waals surface area contributed by atoms with Crippen LogP contribution >= 0.6 is 0 Å². The van der Waals surface area contributed by atoms with E-state index in [4.69, 9.17) is 0 Å². The van der Waals surface area contributed by atoms with Crippen molar-refractivity contribution >= 4 is 26.9 Å². The van der Waals surface area contributed by atoms with Crippen molar-refractivity contribution in [2.45, 2.75) is 18.6 Å². The number of sulfone groups is 1. The van der Waals surface area contributed by atoms with Gasteiger partial charge in [0.1, 0.15) is 5.52 Å². The van der Waals surface area contributed by atoms with Crippen LogP contribution in [0, 0.1) is 0 Å². The largest absolute Gasteiger partial charge is 0.332 e. The summed E-state index contributed by atoms with van der Waals surface area (Å²) in [5.74, 6) is -0.0453. The fourth-order valence-electron chi connectivity index (χ4n) is 4.51. The Kier molecular flexibility index (Phi) is 4.59. The van der Waals surface area contributed by atoms with Gasteiger partial charge in [-0.05, 0) is 18.7 Å². The standard InChI is InChI=1S/C21H23N5O3S/c1-24-7-8-26(19-13-30(28,29)12-18(19)24)21(27)16-9-17-20(22-10-16)25(14-23-17)11-15-5-3-2-4-6-15/h2-6,9-10,14,18-19H,7-8,11-13H2,1H3/t18-,19+/m1/s1. The van der Waals surface area contributed by atoms with Gasteiger partial charge >= 0.3 is 0 Å². The van der Waals surface area contributed by atoms with Gasteiger partial charge in [-0.15, -0.1) is 0 Å². The Bertz CT molecular complexity index is 1210. The number of amides is 1. The van der Waals surface area contributed by atoms with Crippen molar-refractivity contribution in [2.24, 2.45) is 0 Å². The average molecular weight is 426 g/mol. The number of imidazole rings is 1. The van der Waals surface area contributed by atoms with Crippen molar-refractivity contribution < 1.29 is 13.2 Å². The van der Waals surface area contributed by atoms with Crippen LogP contribution in [0.4, 0.5) is 0 Å². The van der Waals surface area contributed by atoms with E-state index in [9.17, 15) is 13.2 Å². The third kappa shape index (κ3) is 3.37. The van der Waals surface area contributed by atoms with Crippen molar-refractivity contribution in [2.75, 3.05) is 31.6 Å². The highest BCUT2D eigenvalue weighted by Gasteiger charge is 2.47. The average Bonchev–Trinajstić information content (AvgIpc) is 3.28. The van der Waals surface area contributed by atoms with Gasteiger partial charge < -0.3 is 9.47 Å². The third-order valence-corrected chi connectivity index (χ3v) is 7.81. The Morgan fingerprint density at radius 1 is 1.10 bits per heavy atom. The first-order valence-corrected chi connectivity index (χ1v) is 11.8. The zero-order valence-corrected chi connectivity index (χ0v) is 17.5. The molecule has 3 aromatic rings. The smallest absolute Gasteiger partial charge is 0.255 e. The van der Waals surface area contributed by atoms with Crippen LogP contribution in [-0.4, -0.2) is 82.4 Å². The molecule has 0 bridgehead atoms. The number of hydrogen-bond donors (Lipinski definition) is 0. The van der Waals surface area contributed by atoms with Gasteiger partial charge in [0.2, 0.25) is 0 Å². The molecule has 30 heavy (non-hydrogen) atoms. The van der Waals surface area contributed by atoms with E-state index < -0.39 is 9.84 Å². The lowest BCUT2D eigenvalue weighted by molar-refractivity contribution is 0.0410. The van der Waals surface area contributed by atoms with Gasteiger partial charge in [0.25, 0.3) is 5.91 Å². The lowest BCUT2D eigenvalue weighted by atomic mass is 10.0. The summed E-state index contributed by atoms with van der Waals surface area (Å²) >= 11 is 0. The molecule has 2 fully saturated rings. The lowest BCUT2D eigenvalue weighted by Crippen LogP contribution is -2.59. The van der Waals surface area contributed by atoms with Gasteiger partial charge in [0, 0.05) is 25.3 Å². The third-order valence-electron chi connectivity index (χ3n) is 6.11. The molecule has 0 saturated carbocycles. The van der Waals surface area contributed by atoms with Gasteiger partial charge in [-0.3, -0.25) is 9.69 Å². The predicted molar refractivity (Wildman–Crippen MR) is 113 cm³/mol. The van der Waals surface area contributed by atoms with Gasteiger partial charge in [0.05, 0.1) is 36.0 Å². The quantitative estimate of drug-likeness (QED) is 0.623. The van der Waals surface area contributed by atoms with E-state index in [1.54, 1.807) is 23.5 Å². The van der Waals surface area contributed by atoms with Crippen LogP contribution < -0.4 is 0 Å². The summed E-state index contributed by atoms with van der Waals surface area (Å²) < 4.78 is 26.3. The maximum Gasteiger partial charge on any atom is 0.255 e. The number of aromatic nitrogens is 3.